The molecule has 2 aromatic heterocycles. The molecule has 4 aromatic rings. The average Bonchev–Trinajstić information content (AvgIpc) is 3.43. The van der Waals surface area contributed by atoms with E-state index in [1.54, 1.807) is 31.4 Å². The molecule has 0 saturated heterocycles. The standard InChI is InChI=1S/C21H16N4O6S3/c1-31-14-4-9-17-18(12-14)33-21(23-17)24-34(29,30)16-7-2-13(3-8-16)22-19(26)10-5-15-6-11-20(32-15)25(27)28/h2-12H,1H3,(H,22,26)(H,23,24)/b10-5+. The maximum atomic E-state index is 12.7. The number of amides is 1. The van der Waals surface area contributed by atoms with Gasteiger partial charge in [0.1, 0.15) is 5.75 Å². The summed E-state index contributed by atoms with van der Waals surface area (Å²) in [5, 5.41) is 13.5. The minimum absolute atomic E-state index is 0.00349. The molecule has 0 saturated carbocycles. The molecule has 10 nitrogen and oxygen atoms in total. The quantitative estimate of drug-likeness (QED) is 0.196. The number of aromatic nitrogens is 1. The van der Waals surface area contributed by atoms with Gasteiger partial charge in [-0.2, -0.15) is 0 Å². The van der Waals surface area contributed by atoms with E-state index >= 15 is 0 Å². The molecule has 0 aliphatic carbocycles. The first-order valence-electron chi connectivity index (χ1n) is 9.54. The van der Waals surface area contributed by atoms with E-state index in [1.807, 2.05) is 0 Å². The van der Waals surface area contributed by atoms with E-state index in [2.05, 4.69) is 15.0 Å². The van der Waals surface area contributed by atoms with Gasteiger partial charge in [0, 0.05) is 22.7 Å². The van der Waals surface area contributed by atoms with E-state index < -0.39 is 20.9 Å². The van der Waals surface area contributed by atoms with Crippen molar-refractivity contribution >= 4 is 70.7 Å². The van der Waals surface area contributed by atoms with Gasteiger partial charge in [-0.3, -0.25) is 19.6 Å². The van der Waals surface area contributed by atoms with Crippen molar-refractivity contribution in [1.29, 1.82) is 0 Å². The second-order valence-electron chi connectivity index (χ2n) is 6.74. The highest BCUT2D eigenvalue weighted by Crippen LogP contribution is 2.30. The van der Waals surface area contributed by atoms with Crippen LogP contribution >= 0.6 is 22.7 Å². The number of sulfonamides is 1. The lowest BCUT2D eigenvalue weighted by molar-refractivity contribution is -0.380. The Bertz CT molecular complexity index is 1510. The SMILES string of the molecule is COc1ccc2nc(NS(=O)(=O)c3ccc(NC(=O)/C=C/c4ccc([N+](=O)[O-])s4)cc3)sc2c1. The molecule has 13 heteroatoms. The first-order chi connectivity index (χ1) is 16.2. The van der Waals surface area contributed by atoms with Crippen LogP contribution in [0, 0.1) is 10.1 Å². The summed E-state index contributed by atoms with van der Waals surface area (Å²) >= 11 is 2.13. The zero-order valence-corrected chi connectivity index (χ0v) is 19.9. The summed E-state index contributed by atoms with van der Waals surface area (Å²) in [6.07, 6.45) is 2.70. The molecular formula is C21H16N4O6S3. The number of nitro groups is 1. The van der Waals surface area contributed by atoms with Gasteiger partial charge in [0.2, 0.25) is 5.91 Å². The number of hydrogen-bond acceptors (Lipinski definition) is 9. The van der Waals surface area contributed by atoms with Gasteiger partial charge in [-0.15, -0.1) is 0 Å². The van der Waals surface area contributed by atoms with Gasteiger partial charge in [-0.1, -0.05) is 22.7 Å². The van der Waals surface area contributed by atoms with Crippen LogP contribution in [0.3, 0.4) is 0 Å². The number of rotatable bonds is 8. The van der Waals surface area contributed by atoms with Crippen LogP contribution in [0.5, 0.6) is 5.75 Å². The molecule has 2 N–H and O–H groups in total. The Kier molecular flexibility index (Phi) is 6.58. The smallest absolute Gasteiger partial charge is 0.324 e. The highest BCUT2D eigenvalue weighted by molar-refractivity contribution is 7.93. The van der Waals surface area contributed by atoms with Crippen molar-refractivity contribution in [2.45, 2.75) is 4.90 Å². The molecule has 0 fully saturated rings. The van der Waals surface area contributed by atoms with E-state index in [1.165, 1.54) is 53.8 Å². The number of carbonyl (C=O) groups is 1. The summed E-state index contributed by atoms with van der Waals surface area (Å²) in [7, 11) is -2.34. The number of nitrogens with one attached hydrogen (secondary N) is 2. The molecule has 0 aliphatic heterocycles. The number of hydrogen-bond donors (Lipinski definition) is 2. The predicted molar refractivity (Wildman–Crippen MR) is 132 cm³/mol. The lowest BCUT2D eigenvalue weighted by Crippen LogP contribution is -2.13. The molecular weight excluding hydrogens is 500 g/mol. The zero-order valence-electron chi connectivity index (χ0n) is 17.4. The largest absolute Gasteiger partial charge is 0.497 e. The van der Waals surface area contributed by atoms with Crippen LogP contribution in [0.25, 0.3) is 16.3 Å². The number of thiophene rings is 1. The van der Waals surface area contributed by atoms with Crippen LogP contribution in [-0.2, 0) is 14.8 Å². The van der Waals surface area contributed by atoms with Crippen molar-refractivity contribution < 1.29 is 22.9 Å². The zero-order chi connectivity index (χ0) is 24.3. The maximum Gasteiger partial charge on any atom is 0.324 e. The summed E-state index contributed by atoms with van der Waals surface area (Å²) in [5.74, 6) is 0.185. The Morgan fingerprint density at radius 2 is 1.88 bits per heavy atom. The molecule has 2 heterocycles. The summed E-state index contributed by atoms with van der Waals surface area (Å²) in [6, 6.07) is 13.8. The van der Waals surface area contributed by atoms with E-state index in [9.17, 15) is 23.3 Å². The van der Waals surface area contributed by atoms with Gasteiger partial charge in [-0.25, -0.2) is 13.4 Å². The number of carbonyl (C=O) groups excluding carboxylic acids is 1. The van der Waals surface area contributed by atoms with Gasteiger partial charge >= 0.3 is 5.00 Å². The molecule has 0 atom stereocenters. The first-order valence-corrected chi connectivity index (χ1v) is 12.7. The highest BCUT2D eigenvalue weighted by atomic mass is 32.2. The molecule has 34 heavy (non-hydrogen) atoms. The lowest BCUT2D eigenvalue weighted by Gasteiger charge is -2.07. The van der Waals surface area contributed by atoms with Crippen LogP contribution in [0.4, 0.5) is 15.8 Å². The third kappa shape index (κ3) is 5.39. The van der Waals surface area contributed by atoms with E-state index in [-0.39, 0.29) is 15.0 Å². The number of anilines is 2. The first kappa shape index (κ1) is 23.4. The van der Waals surface area contributed by atoms with Gasteiger partial charge < -0.3 is 10.1 Å². The average molecular weight is 517 g/mol. The fraction of sp³-hybridized carbons (Fsp3) is 0.0476. The Morgan fingerprint density at radius 1 is 1.12 bits per heavy atom. The Morgan fingerprint density at radius 3 is 2.56 bits per heavy atom. The van der Waals surface area contributed by atoms with Crippen molar-refractivity contribution in [3.8, 4) is 5.75 Å². The molecule has 1 amide bonds. The van der Waals surface area contributed by atoms with E-state index in [0.717, 1.165) is 16.0 Å². The fourth-order valence-corrected chi connectivity index (χ4v) is 5.69. The molecule has 2 aromatic carbocycles. The number of methoxy groups -OCH3 is 1. The number of nitrogens with zero attached hydrogens (tertiary/aromatic N) is 2. The molecule has 4 rings (SSSR count). The fourth-order valence-electron chi connectivity index (χ4n) is 2.84. The summed E-state index contributed by atoms with van der Waals surface area (Å²) < 4.78 is 33.9. The van der Waals surface area contributed by atoms with Crippen LogP contribution in [0.1, 0.15) is 4.88 Å². The minimum atomic E-state index is -3.89. The molecule has 0 unspecified atom stereocenters. The Balaban J connectivity index is 1.41. The van der Waals surface area contributed by atoms with Gasteiger partial charge in [-0.05, 0) is 54.6 Å². The second-order valence-corrected chi connectivity index (χ2v) is 10.5. The third-order valence-corrected chi connectivity index (χ3v) is 7.86. The predicted octanol–water partition coefficient (Wildman–Crippen LogP) is 4.73. The van der Waals surface area contributed by atoms with Crippen molar-refractivity contribution in [2.75, 3.05) is 17.1 Å². The van der Waals surface area contributed by atoms with Crippen LogP contribution in [-0.4, -0.2) is 31.3 Å². The number of fused-ring (bicyclic) bond motifs is 1. The third-order valence-electron chi connectivity index (χ3n) is 4.44. The van der Waals surface area contributed by atoms with Crippen LogP contribution < -0.4 is 14.8 Å². The van der Waals surface area contributed by atoms with Crippen molar-refractivity contribution in [3.05, 3.63) is 75.7 Å². The summed E-state index contributed by atoms with van der Waals surface area (Å²) in [4.78, 5) is 27.2. The number of thiazole rings is 1. The lowest BCUT2D eigenvalue weighted by atomic mass is 10.3. The van der Waals surface area contributed by atoms with E-state index in [4.69, 9.17) is 4.74 Å². The van der Waals surface area contributed by atoms with Gasteiger partial charge in [0.05, 0.1) is 27.1 Å². The monoisotopic (exact) mass is 516 g/mol. The molecule has 174 valence electrons. The Labute approximate surface area is 201 Å². The van der Waals surface area contributed by atoms with Crippen molar-refractivity contribution in [3.63, 3.8) is 0 Å². The summed E-state index contributed by atoms with van der Waals surface area (Å²) in [6.45, 7) is 0. The van der Waals surface area contributed by atoms with E-state index in [0.29, 0.717) is 21.8 Å². The topological polar surface area (TPSA) is 141 Å². The van der Waals surface area contributed by atoms with Gasteiger partial charge in [0.25, 0.3) is 10.0 Å². The summed E-state index contributed by atoms with van der Waals surface area (Å²) in [5.41, 5.74) is 1.03. The number of ether oxygens (including phenoxy) is 1. The van der Waals surface area contributed by atoms with Crippen molar-refractivity contribution in [2.24, 2.45) is 0 Å². The molecule has 0 spiro atoms. The molecule has 0 aliphatic rings. The van der Waals surface area contributed by atoms with Crippen LogP contribution in [0.15, 0.2) is 65.6 Å². The normalized spacial score (nSPS) is 11.6. The van der Waals surface area contributed by atoms with Crippen LogP contribution in [0.2, 0.25) is 0 Å². The second kappa shape index (κ2) is 9.59. The Hall–Kier alpha value is -3.81. The maximum absolute atomic E-state index is 12.7. The molecule has 0 bridgehead atoms. The number of benzene rings is 2. The highest BCUT2D eigenvalue weighted by Gasteiger charge is 2.17. The van der Waals surface area contributed by atoms with Crippen molar-refractivity contribution in [1.82, 2.24) is 4.98 Å². The van der Waals surface area contributed by atoms with Gasteiger partial charge in [0.15, 0.2) is 5.13 Å². The minimum Gasteiger partial charge on any atom is -0.497 e. The molecule has 0 radical (unpaired) electrons.